The number of hydrogen-bond donors (Lipinski definition) is 1. The van der Waals surface area contributed by atoms with Crippen molar-refractivity contribution >= 4 is 17.7 Å². The van der Waals surface area contributed by atoms with Gasteiger partial charge in [0.1, 0.15) is 0 Å². The maximum absolute atomic E-state index is 12.5. The van der Waals surface area contributed by atoms with E-state index in [1.165, 1.54) is 26.0 Å². The van der Waals surface area contributed by atoms with Gasteiger partial charge in [0, 0.05) is 37.8 Å². The van der Waals surface area contributed by atoms with Crippen molar-refractivity contribution in [2.24, 2.45) is 5.92 Å². The number of hydrogen-bond acceptors (Lipinski definition) is 6. The lowest BCUT2D eigenvalue weighted by Gasteiger charge is -2.25. The second-order valence-electron chi connectivity index (χ2n) is 5.38. The third-order valence-corrected chi connectivity index (χ3v) is 5.08. The number of rotatable bonds is 6. The van der Waals surface area contributed by atoms with Crippen molar-refractivity contribution < 1.29 is 14.3 Å². The van der Waals surface area contributed by atoms with Crippen molar-refractivity contribution in [3.8, 4) is 0 Å². The van der Waals surface area contributed by atoms with E-state index in [4.69, 9.17) is 9.47 Å². The van der Waals surface area contributed by atoms with Crippen molar-refractivity contribution in [1.82, 2.24) is 14.9 Å². The lowest BCUT2D eigenvalue weighted by molar-refractivity contribution is -0.130. The minimum atomic E-state index is -0.471. The molecule has 1 N–H and O–H groups in total. The quantitative estimate of drug-likeness (QED) is 0.602. The molecule has 8 heteroatoms. The van der Waals surface area contributed by atoms with E-state index in [9.17, 15) is 9.59 Å². The highest BCUT2D eigenvalue weighted by molar-refractivity contribution is 7.99. The first-order chi connectivity index (χ1) is 11.0. The van der Waals surface area contributed by atoms with Gasteiger partial charge < -0.3 is 14.8 Å². The Bertz CT molecular complexity index is 628. The van der Waals surface area contributed by atoms with Gasteiger partial charge >= 0.3 is 0 Å². The van der Waals surface area contributed by atoms with Crippen LogP contribution < -0.4 is 10.9 Å². The first-order valence-electron chi connectivity index (χ1n) is 7.58. The van der Waals surface area contributed by atoms with E-state index in [0.717, 1.165) is 5.69 Å². The number of methoxy groups -OCH3 is 2. The lowest BCUT2D eigenvalue weighted by atomic mass is 10.1. The number of ether oxygens (including phenoxy) is 2. The van der Waals surface area contributed by atoms with E-state index in [1.54, 1.807) is 4.57 Å². The highest BCUT2D eigenvalue weighted by atomic mass is 32.2. The summed E-state index contributed by atoms with van der Waals surface area (Å²) in [4.78, 5) is 29.3. The molecule has 23 heavy (non-hydrogen) atoms. The molecule has 1 amide bonds. The van der Waals surface area contributed by atoms with Crippen molar-refractivity contribution in [3.05, 3.63) is 21.6 Å². The fourth-order valence-electron chi connectivity index (χ4n) is 2.55. The molecule has 0 spiro atoms. The molecule has 1 aliphatic heterocycles. The molecule has 1 aromatic heterocycles. The van der Waals surface area contributed by atoms with E-state index in [-0.39, 0.29) is 23.9 Å². The Morgan fingerprint density at radius 3 is 2.78 bits per heavy atom. The van der Waals surface area contributed by atoms with E-state index in [0.29, 0.717) is 29.4 Å². The molecule has 2 rings (SSSR count). The van der Waals surface area contributed by atoms with Crippen LogP contribution in [0, 0.1) is 12.8 Å². The summed E-state index contributed by atoms with van der Waals surface area (Å²) in [5, 5.41) is 3.50. The Labute approximate surface area is 139 Å². The maximum Gasteiger partial charge on any atom is 0.257 e. The van der Waals surface area contributed by atoms with Crippen LogP contribution in [0.3, 0.4) is 0 Å². The van der Waals surface area contributed by atoms with Gasteiger partial charge in [0.15, 0.2) is 11.4 Å². The van der Waals surface area contributed by atoms with E-state index in [1.807, 2.05) is 13.8 Å². The fraction of sp³-hybridized carbons (Fsp3) is 0.667. The topological polar surface area (TPSA) is 82.5 Å². The monoisotopic (exact) mass is 341 g/mol. The summed E-state index contributed by atoms with van der Waals surface area (Å²) in [6, 6.07) is 0. The zero-order valence-corrected chi connectivity index (χ0v) is 14.7. The third kappa shape index (κ3) is 3.94. The standard InChI is InChI=1S/C15H23N3O4S/c1-5-11-9(2)17-15-18(14(11)20)7-10(8-23-15)13(19)16-6-12(21-3)22-4/h10,12H,5-8H2,1-4H3,(H,16,19). The van der Waals surface area contributed by atoms with E-state index >= 15 is 0 Å². The summed E-state index contributed by atoms with van der Waals surface area (Å²) in [6.45, 7) is 4.43. The molecule has 1 unspecified atom stereocenters. The van der Waals surface area contributed by atoms with Crippen molar-refractivity contribution in [2.45, 2.75) is 38.3 Å². The van der Waals surface area contributed by atoms with Crippen LogP contribution in [0.15, 0.2) is 9.95 Å². The molecule has 0 saturated carbocycles. The Morgan fingerprint density at radius 2 is 2.17 bits per heavy atom. The van der Waals surface area contributed by atoms with E-state index < -0.39 is 6.29 Å². The molecule has 2 heterocycles. The van der Waals surface area contributed by atoms with Gasteiger partial charge in [-0.2, -0.15) is 0 Å². The Morgan fingerprint density at radius 1 is 1.48 bits per heavy atom. The van der Waals surface area contributed by atoms with Crippen LogP contribution in [0.25, 0.3) is 0 Å². The highest BCUT2D eigenvalue weighted by Gasteiger charge is 2.28. The summed E-state index contributed by atoms with van der Waals surface area (Å²) < 4.78 is 11.7. The number of aromatic nitrogens is 2. The van der Waals surface area contributed by atoms with Gasteiger partial charge in [-0.1, -0.05) is 18.7 Å². The zero-order valence-electron chi connectivity index (χ0n) is 13.9. The molecule has 0 fully saturated rings. The Balaban J connectivity index is 2.11. The van der Waals surface area contributed by atoms with Gasteiger partial charge in [-0.15, -0.1) is 0 Å². The van der Waals surface area contributed by atoms with Gasteiger partial charge in [-0.05, 0) is 13.3 Å². The highest BCUT2D eigenvalue weighted by Crippen LogP contribution is 2.25. The molecule has 0 aromatic carbocycles. The van der Waals surface area contributed by atoms with Gasteiger partial charge in [0.2, 0.25) is 5.91 Å². The van der Waals surface area contributed by atoms with Gasteiger partial charge in [-0.25, -0.2) is 4.98 Å². The number of aryl methyl sites for hydroxylation is 1. The van der Waals surface area contributed by atoms with Crippen LogP contribution in [-0.2, 0) is 27.2 Å². The number of amides is 1. The summed E-state index contributed by atoms with van der Waals surface area (Å²) in [6.07, 6.45) is 0.171. The molecule has 0 bridgehead atoms. The fourth-order valence-corrected chi connectivity index (χ4v) is 3.67. The predicted molar refractivity (Wildman–Crippen MR) is 87.6 cm³/mol. The summed E-state index contributed by atoms with van der Waals surface area (Å²) in [5.74, 6) is 0.231. The van der Waals surface area contributed by atoms with Crippen LogP contribution >= 0.6 is 11.8 Å². The molecule has 0 radical (unpaired) electrons. The molecule has 128 valence electrons. The molecule has 1 aliphatic rings. The number of nitrogens with one attached hydrogen (secondary N) is 1. The molecule has 1 aromatic rings. The van der Waals surface area contributed by atoms with Crippen LogP contribution in [0.5, 0.6) is 0 Å². The van der Waals surface area contributed by atoms with Crippen LogP contribution in [0.4, 0.5) is 0 Å². The first-order valence-corrected chi connectivity index (χ1v) is 8.56. The van der Waals surface area contributed by atoms with Gasteiger partial charge in [-0.3, -0.25) is 14.2 Å². The second kappa shape index (κ2) is 7.94. The largest absolute Gasteiger partial charge is 0.354 e. The summed E-state index contributed by atoms with van der Waals surface area (Å²) in [5.41, 5.74) is 1.46. The van der Waals surface area contributed by atoms with E-state index in [2.05, 4.69) is 10.3 Å². The maximum atomic E-state index is 12.5. The van der Waals surface area contributed by atoms with Gasteiger partial charge in [0.05, 0.1) is 12.5 Å². The van der Waals surface area contributed by atoms with Crippen molar-refractivity contribution in [2.75, 3.05) is 26.5 Å². The molecule has 0 aliphatic carbocycles. The number of thioether (sulfide) groups is 1. The molecule has 1 atom stereocenters. The van der Waals surface area contributed by atoms with Crippen LogP contribution in [0.1, 0.15) is 18.2 Å². The molecular weight excluding hydrogens is 318 g/mol. The minimum Gasteiger partial charge on any atom is -0.354 e. The lowest BCUT2D eigenvalue weighted by Crippen LogP contribution is -2.43. The summed E-state index contributed by atoms with van der Waals surface area (Å²) >= 11 is 1.45. The van der Waals surface area contributed by atoms with Crippen LogP contribution in [-0.4, -0.2) is 48.3 Å². The molecule has 0 saturated heterocycles. The third-order valence-electron chi connectivity index (χ3n) is 3.94. The Kier molecular flexibility index (Phi) is 6.20. The van der Waals surface area contributed by atoms with Crippen molar-refractivity contribution in [3.63, 3.8) is 0 Å². The zero-order chi connectivity index (χ0) is 17.0. The second-order valence-corrected chi connectivity index (χ2v) is 6.37. The first kappa shape index (κ1) is 18.0. The van der Waals surface area contributed by atoms with Gasteiger partial charge in [0.25, 0.3) is 5.56 Å². The summed E-state index contributed by atoms with van der Waals surface area (Å²) in [7, 11) is 3.04. The minimum absolute atomic E-state index is 0.0355. The average Bonchev–Trinajstić information content (AvgIpc) is 2.55. The predicted octanol–water partition coefficient (Wildman–Crippen LogP) is 0.571. The number of fused-ring (bicyclic) bond motifs is 1. The average molecular weight is 341 g/mol. The SMILES string of the molecule is CCc1c(C)nc2n(c1=O)CC(C(=O)NCC(OC)OC)CS2. The number of carbonyl (C=O) groups excluding carboxylic acids is 1. The Hall–Kier alpha value is -1.38. The van der Waals surface area contributed by atoms with Crippen molar-refractivity contribution in [1.29, 1.82) is 0 Å². The smallest absolute Gasteiger partial charge is 0.257 e. The number of carbonyl (C=O) groups is 1. The normalized spacial score (nSPS) is 17.2. The molecule has 7 nitrogen and oxygen atoms in total. The number of nitrogens with zero attached hydrogens (tertiary/aromatic N) is 2. The van der Waals surface area contributed by atoms with Crippen LogP contribution in [0.2, 0.25) is 0 Å². The molecular formula is C15H23N3O4S.